The number of hydrogen-bond acceptors (Lipinski definition) is 5. The average molecular weight is 438 g/mol. The summed E-state index contributed by atoms with van der Waals surface area (Å²) in [5, 5.41) is 0. The molecule has 0 radical (unpaired) electrons. The molecule has 0 aliphatic rings. The number of nitrogens with zero attached hydrogens (tertiary/aromatic N) is 2. The van der Waals surface area contributed by atoms with Crippen molar-refractivity contribution in [3.05, 3.63) is 96.6 Å². The Hall–Kier alpha value is -3.65. The summed E-state index contributed by atoms with van der Waals surface area (Å²) in [4.78, 5) is 4.40. The molecule has 0 unspecified atom stereocenters. The SMILES string of the molecule is COc1ccccc1N(Cc1coc(-c2ccccc2)n1)S(=O)(=O)c1ccc(F)cc1. The van der Waals surface area contributed by atoms with Gasteiger partial charge in [-0.1, -0.05) is 30.3 Å². The van der Waals surface area contributed by atoms with Crippen LogP contribution in [0.4, 0.5) is 10.1 Å². The van der Waals surface area contributed by atoms with E-state index >= 15 is 0 Å². The summed E-state index contributed by atoms with van der Waals surface area (Å²) in [6.45, 7) is -0.101. The van der Waals surface area contributed by atoms with Gasteiger partial charge >= 0.3 is 0 Å². The minimum atomic E-state index is -4.05. The Bertz CT molecular complexity index is 1270. The second-order valence-corrected chi connectivity index (χ2v) is 8.51. The summed E-state index contributed by atoms with van der Waals surface area (Å²) < 4.78 is 52.5. The summed E-state index contributed by atoms with van der Waals surface area (Å²) >= 11 is 0. The molecule has 0 aliphatic heterocycles. The third-order valence-corrected chi connectivity index (χ3v) is 6.41. The summed E-state index contributed by atoms with van der Waals surface area (Å²) in [7, 11) is -2.59. The molecule has 4 rings (SSSR count). The van der Waals surface area contributed by atoms with E-state index in [-0.39, 0.29) is 11.4 Å². The van der Waals surface area contributed by atoms with Crippen LogP contribution in [0.3, 0.4) is 0 Å². The van der Waals surface area contributed by atoms with Crippen molar-refractivity contribution in [2.24, 2.45) is 0 Å². The first-order valence-electron chi connectivity index (χ1n) is 9.40. The first-order valence-corrected chi connectivity index (χ1v) is 10.8. The maximum Gasteiger partial charge on any atom is 0.264 e. The first-order chi connectivity index (χ1) is 15.0. The van der Waals surface area contributed by atoms with Gasteiger partial charge in [0.1, 0.15) is 23.5 Å². The zero-order chi connectivity index (χ0) is 21.8. The smallest absolute Gasteiger partial charge is 0.264 e. The van der Waals surface area contributed by atoms with Crippen molar-refractivity contribution >= 4 is 15.7 Å². The number of benzene rings is 3. The van der Waals surface area contributed by atoms with E-state index in [0.29, 0.717) is 23.0 Å². The van der Waals surface area contributed by atoms with Gasteiger partial charge in [-0.2, -0.15) is 0 Å². The molecule has 0 N–H and O–H groups in total. The number of oxazole rings is 1. The summed E-state index contributed by atoms with van der Waals surface area (Å²) in [6, 6.07) is 20.7. The molecular weight excluding hydrogens is 419 g/mol. The van der Waals surface area contributed by atoms with Gasteiger partial charge in [0, 0.05) is 5.56 Å². The maximum atomic E-state index is 13.5. The van der Waals surface area contributed by atoms with E-state index in [1.165, 1.54) is 29.8 Å². The van der Waals surface area contributed by atoms with Crippen LogP contribution in [0.5, 0.6) is 5.75 Å². The lowest BCUT2D eigenvalue weighted by Crippen LogP contribution is -2.31. The van der Waals surface area contributed by atoms with Crippen LogP contribution in [0, 0.1) is 5.82 Å². The van der Waals surface area contributed by atoms with Crippen LogP contribution in [0.2, 0.25) is 0 Å². The van der Waals surface area contributed by atoms with Crippen molar-refractivity contribution in [2.45, 2.75) is 11.4 Å². The summed E-state index contributed by atoms with van der Waals surface area (Å²) in [5.41, 5.74) is 1.52. The van der Waals surface area contributed by atoms with Gasteiger partial charge in [-0.05, 0) is 48.5 Å². The fraction of sp³-hybridized carbons (Fsp3) is 0.0870. The van der Waals surface area contributed by atoms with Crippen LogP contribution in [0.1, 0.15) is 5.69 Å². The lowest BCUT2D eigenvalue weighted by atomic mass is 10.2. The van der Waals surface area contributed by atoms with Gasteiger partial charge in [0.15, 0.2) is 0 Å². The number of methoxy groups -OCH3 is 1. The normalized spacial score (nSPS) is 11.3. The number of aromatic nitrogens is 1. The van der Waals surface area contributed by atoms with E-state index < -0.39 is 15.8 Å². The highest BCUT2D eigenvalue weighted by Crippen LogP contribution is 2.34. The monoisotopic (exact) mass is 438 g/mol. The molecule has 0 saturated heterocycles. The van der Waals surface area contributed by atoms with Crippen LogP contribution in [0.15, 0.2) is 94.4 Å². The molecule has 1 aromatic heterocycles. The Kier molecular flexibility index (Phi) is 5.73. The van der Waals surface area contributed by atoms with E-state index in [0.717, 1.165) is 17.7 Å². The van der Waals surface area contributed by atoms with Gasteiger partial charge in [-0.15, -0.1) is 0 Å². The van der Waals surface area contributed by atoms with E-state index in [4.69, 9.17) is 9.15 Å². The maximum absolute atomic E-state index is 13.5. The molecule has 0 bridgehead atoms. The molecule has 0 spiro atoms. The minimum Gasteiger partial charge on any atom is -0.495 e. The van der Waals surface area contributed by atoms with Crippen LogP contribution in [-0.4, -0.2) is 20.5 Å². The van der Waals surface area contributed by atoms with Crippen molar-refractivity contribution in [1.82, 2.24) is 4.98 Å². The Morgan fingerprint density at radius 2 is 1.65 bits per heavy atom. The van der Waals surface area contributed by atoms with Crippen LogP contribution >= 0.6 is 0 Å². The van der Waals surface area contributed by atoms with E-state index in [1.54, 1.807) is 24.3 Å². The molecule has 1 heterocycles. The molecule has 31 heavy (non-hydrogen) atoms. The largest absolute Gasteiger partial charge is 0.495 e. The van der Waals surface area contributed by atoms with Crippen molar-refractivity contribution < 1.29 is 22.0 Å². The van der Waals surface area contributed by atoms with Gasteiger partial charge in [0.05, 0.1) is 24.2 Å². The van der Waals surface area contributed by atoms with Gasteiger partial charge in [0.2, 0.25) is 5.89 Å². The predicted molar refractivity (Wildman–Crippen MR) is 115 cm³/mol. The molecule has 3 aromatic carbocycles. The van der Waals surface area contributed by atoms with Crippen LogP contribution in [-0.2, 0) is 16.6 Å². The average Bonchev–Trinajstić information content (AvgIpc) is 3.27. The number of ether oxygens (including phenoxy) is 1. The zero-order valence-electron chi connectivity index (χ0n) is 16.6. The fourth-order valence-corrected chi connectivity index (χ4v) is 4.56. The highest BCUT2D eigenvalue weighted by molar-refractivity contribution is 7.92. The number of halogens is 1. The Labute approximate surface area is 179 Å². The molecule has 4 aromatic rings. The number of hydrogen-bond donors (Lipinski definition) is 0. The van der Waals surface area contributed by atoms with Gasteiger partial charge in [-0.25, -0.2) is 17.8 Å². The Morgan fingerprint density at radius 3 is 2.35 bits per heavy atom. The standard InChI is InChI=1S/C23H19FN2O4S/c1-29-22-10-6-5-9-21(22)26(31(27,28)20-13-11-18(24)12-14-20)15-19-16-30-23(25-19)17-7-3-2-4-8-17/h2-14,16H,15H2,1H3. The van der Waals surface area contributed by atoms with Gasteiger partial charge < -0.3 is 9.15 Å². The van der Waals surface area contributed by atoms with Gasteiger partial charge in [0.25, 0.3) is 10.0 Å². The highest BCUT2D eigenvalue weighted by Gasteiger charge is 2.28. The van der Waals surface area contributed by atoms with Crippen LogP contribution < -0.4 is 9.04 Å². The molecule has 0 amide bonds. The van der Waals surface area contributed by atoms with Crippen molar-refractivity contribution in [3.63, 3.8) is 0 Å². The number of anilines is 1. The lowest BCUT2D eigenvalue weighted by Gasteiger charge is -2.25. The fourth-order valence-electron chi connectivity index (χ4n) is 3.11. The molecule has 0 saturated carbocycles. The Morgan fingerprint density at radius 1 is 0.968 bits per heavy atom. The van der Waals surface area contributed by atoms with Gasteiger partial charge in [-0.3, -0.25) is 4.31 Å². The number of rotatable bonds is 7. The number of para-hydroxylation sites is 2. The Balaban J connectivity index is 1.76. The highest BCUT2D eigenvalue weighted by atomic mass is 32.2. The predicted octanol–water partition coefficient (Wildman–Crippen LogP) is 4.88. The first kappa shape index (κ1) is 20.6. The molecule has 0 fully saturated rings. The minimum absolute atomic E-state index is 0.0495. The number of sulfonamides is 1. The van der Waals surface area contributed by atoms with Crippen LogP contribution in [0.25, 0.3) is 11.5 Å². The van der Waals surface area contributed by atoms with Crippen molar-refractivity contribution in [1.29, 1.82) is 0 Å². The molecule has 0 aliphatic carbocycles. The van der Waals surface area contributed by atoms with E-state index in [1.807, 2.05) is 30.3 Å². The molecule has 8 heteroatoms. The quantitative estimate of drug-likeness (QED) is 0.411. The van der Waals surface area contributed by atoms with Crippen molar-refractivity contribution in [3.8, 4) is 17.2 Å². The topological polar surface area (TPSA) is 72.6 Å². The third kappa shape index (κ3) is 4.29. The molecule has 6 nitrogen and oxygen atoms in total. The van der Waals surface area contributed by atoms with E-state index in [9.17, 15) is 12.8 Å². The summed E-state index contributed by atoms with van der Waals surface area (Å²) in [5.74, 6) is 0.238. The third-order valence-electron chi connectivity index (χ3n) is 4.63. The molecular formula is C23H19FN2O4S. The summed E-state index contributed by atoms with van der Waals surface area (Å²) in [6.07, 6.45) is 1.42. The van der Waals surface area contributed by atoms with Crippen molar-refractivity contribution in [2.75, 3.05) is 11.4 Å². The van der Waals surface area contributed by atoms with E-state index in [2.05, 4.69) is 4.98 Å². The molecule has 0 atom stereocenters. The second-order valence-electron chi connectivity index (χ2n) is 6.65. The molecule has 158 valence electrons. The second kappa shape index (κ2) is 8.61. The lowest BCUT2D eigenvalue weighted by molar-refractivity contribution is 0.415. The zero-order valence-corrected chi connectivity index (χ0v) is 17.4.